The second kappa shape index (κ2) is 6.47. The molecule has 0 unspecified atom stereocenters. The summed E-state index contributed by atoms with van der Waals surface area (Å²) >= 11 is 0. The molecule has 1 saturated carbocycles. The van der Waals surface area contributed by atoms with E-state index in [0.29, 0.717) is 6.04 Å². The third-order valence-corrected chi connectivity index (χ3v) is 4.99. The Balaban J connectivity index is 1.76. The Morgan fingerprint density at radius 2 is 1.56 bits per heavy atom. The van der Waals surface area contributed by atoms with Crippen molar-refractivity contribution in [1.82, 2.24) is 14.5 Å². The van der Waals surface area contributed by atoms with E-state index in [4.69, 9.17) is 9.98 Å². The van der Waals surface area contributed by atoms with Crippen LogP contribution in [0.2, 0.25) is 0 Å². The average molecular weight is 352 g/mol. The molecule has 0 radical (unpaired) electrons. The molecule has 1 aliphatic carbocycles. The van der Waals surface area contributed by atoms with E-state index < -0.39 is 0 Å². The van der Waals surface area contributed by atoms with Crippen LogP contribution >= 0.6 is 0 Å². The normalized spacial score (nSPS) is 13.7. The Morgan fingerprint density at radius 1 is 0.926 bits per heavy atom. The molecule has 0 atom stereocenters. The van der Waals surface area contributed by atoms with Crippen LogP contribution in [-0.2, 0) is 0 Å². The van der Waals surface area contributed by atoms with Gasteiger partial charge in [-0.3, -0.25) is 4.98 Å². The second-order valence-corrected chi connectivity index (χ2v) is 6.98. The molecule has 132 valence electrons. The fourth-order valence-corrected chi connectivity index (χ4v) is 3.62. The van der Waals surface area contributed by atoms with Crippen LogP contribution in [0, 0.1) is 6.92 Å². The zero-order valence-electron chi connectivity index (χ0n) is 15.2. The van der Waals surface area contributed by atoms with Gasteiger partial charge in [-0.05, 0) is 19.8 Å². The molecule has 1 fully saturated rings. The number of pyridine rings is 1. The molecule has 0 amide bonds. The zero-order valence-corrected chi connectivity index (χ0v) is 15.2. The molecule has 2 heterocycles. The van der Waals surface area contributed by atoms with E-state index in [1.807, 2.05) is 48.8 Å². The van der Waals surface area contributed by atoms with Crippen LogP contribution in [0.4, 0.5) is 5.69 Å². The highest BCUT2D eigenvalue weighted by molar-refractivity contribution is 6.14. The summed E-state index contributed by atoms with van der Waals surface area (Å²) in [4.78, 5) is 14.2. The molecule has 1 aliphatic rings. The van der Waals surface area contributed by atoms with Gasteiger partial charge in [0, 0.05) is 17.2 Å². The lowest BCUT2D eigenvalue weighted by Gasteiger charge is -2.10. The summed E-state index contributed by atoms with van der Waals surface area (Å²) in [5, 5.41) is 0. The fraction of sp³-hybridized carbons (Fsp3) is 0.174. The SMILES string of the molecule is Cc1nc2cncc(N=C(c3ccccc3)c3ccccc3)c2n1C1CC1. The Morgan fingerprint density at radius 3 is 2.15 bits per heavy atom. The predicted octanol–water partition coefficient (Wildman–Crippen LogP) is 5.24. The molecule has 4 aromatic rings. The number of aromatic nitrogens is 3. The van der Waals surface area contributed by atoms with Crippen molar-refractivity contribution >= 4 is 22.4 Å². The number of rotatable bonds is 4. The Labute approximate surface area is 158 Å². The van der Waals surface area contributed by atoms with Crippen LogP contribution in [0.15, 0.2) is 78.0 Å². The van der Waals surface area contributed by atoms with Crippen LogP contribution < -0.4 is 0 Å². The number of aliphatic imine (C=N–C) groups is 1. The molecule has 0 aliphatic heterocycles. The van der Waals surface area contributed by atoms with Crippen molar-refractivity contribution in [3.63, 3.8) is 0 Å². The minimum absolute atomic E-state index is 0.545. The van der Waals surface area contributed by atoms with Crippen molar-refractivity contribution in [3.8, 4) is 0 Å². The van der Waals surface area contributed by atoms with Crippen LogP contribution in [0.1, 0.15) is 35.8 Å². The van der Waals surface area contributed by atoms with E-state index in [2.05, 4.69) is 40.7 Å². The Kier molecular flexibility index (Phi) is 3.82. The molecule has 5 rings (SSSR count). The maximum atomic E-state index is 5.10. The smallest absolute Gasteiger partial charge is 0.109 e. The molecule has 4 nitrogen and oxygen atoms in total. The largest absolute Gasteiger partial charge is 0.323 e. The summed E-state index contributed by atoms with van der Waals surface area (Å²) in [5.74, 6) is 1.04. The third kappa shape index (κ3) is 2.93. The number of benzene rings is 2. The first kappa shape index (κ1) is 15.9. The van der Waals surface area contributed by atoms with Gasteiger partial charge < -0.3 is 4.57 Å². The van der Waals surface area contributed by atoms with Gasteiger partial charge in [-0.25, -0.2) is 9.98 Å². The summed E-state index contributed by atoms with van der Waals surface area (Å²) < 4.78 is 2.34. The van der Waals surface area contributed by atoms with Crippen molar-refractivity contribution in [3.05, 3.63) is 90.0 Å². The van der Waals surface area contributed by atoms with Crippen LogP contribution in [-0.4, -0.2) is 20.2 Å². The second-order valence-electron chi connectivity index (χ2n) is 6.98. The summed E-state index contributed by atoms with van der Waals surface area (Å²) in [5.41, 5.74) is 6.02. The maximum absolute atomic E-state index is 5.10. The Hall–Kier alpha value is -3.27. The summed E-state index contributed by atoms with van der Waals surface area (Å²) in [6.07, 6.45) is 6.11. The van der Waals surface area contributed by atoms with Crippen molar-refractivity contribution in [2.75, 3.05) is 0 Å². The van der Waals surface area contributed by atoms with Crippen molar-refractivity contribution < 1.29 is 0 Å². The minimum atomic E-state index is 0.545. The number of hydrogen-bond donors (Lipinski definition) is 0. The van der Waals surface area contributed by atoms with Gasteiger partial charge in [0.1, 0.15) is 17.0 Å². The van der Waals surface area contributed by atoms with E-state index in [1.165, 1.54) is 12.8 Å². The molecular formula is C23H20N4. The number of nitrogens with zero attached hydrogens (tertiary/aromatic N) is 4. The monoisotopic (exact) mass is 352 g/mol. The van der Waals surface area contributed by atoms with E-state index in [1.54, 1.807) is 0 Å². The lowest BCUT2D eigenvalue weighted by atomic mass is 10.0. The van der Waals surface area contributed by atoms with Gasteiger partial charge in [0.2, 0.25) is 0 Å². The van der Waals surface area contributed by atoms with Crippen molar-refractivity contribution in [2.24, 2.45) is 4.99 Å². The quantitative estimate of drug-likeness (QED) is 0.471. The first-order chi connectivity index (χ1) is 13.3. The fourth-order valence-electron chi connectivity index (χ4n) is 3.62. The van der Waals surface area contributed by atoms with Crippen LogP contribution in [0.3, 0.4) is 0 Å². The highest BCUT2D eigenvalue weighted by Crippen LogP contribution is 2.40. The lowest BCUT2D eigenvalue weighted by molar-refractivity contribution is 0.734. The van der Waals surface area contributed by atoms with E-state index in [-0.39, 0.29) is 0 Å². The van der Waals surface area contributed by atoms with Gasteiger partial charge in [0.25, 0.3) is 0 Å². The first-order valence-electron chi connectivity index (χ1n) is 9.33. The van der Waals surface area contributed by atoms with E-state index in [9.17, 15) is 0 Å². The van der Waals surface area contributed by atoms with Crippen molar-refractivity contribution in [1.29, 1.82) is 0 Å². The third-order valence-electron chi connectivity index (χ3n) is 4.99. The predicted molar refractivity (Wildman–Crippen MR) is 109 cm³/mol. The molecule has 0 bridgehead atoms. The van der Waals surface area contributed by atoms with Crippen LogP contribution in [0.5, 0.6) is 0 Å². The van der Waals surface area contributed by atoms with Gasteiger partial charge in [-0.1, -0.05) is 60.7 Å². The minimum Gasteiger partial charge on any atom is -0.323 e. The molecular weight excluding hydrogens is 332 g/mol. The standard InChI is InChI=1S/C23H20N4/c1-16-25-20-14-24-15-21(23(20)27(16)19-12-13-19)26-22(17-8-4-2-5-9-17)18-10-6-3-7-11-18/h2-11,14-15,19H,12-13H2,1H3. The van der Waals surface area contributed by atoms with Gasteiger partial charge >= 0.3 is 0 Å². The Bertz CT molecular complexity index is 1080. The van der Waals surface area contributed by atoms with Crippen LogP contribution in [0.25, 0.3) is 11.0 Å². The lowest BCUT2D eigenvalue weighted by Crippen LogP contribution is -2.03. The molecule has 0 N–H and O–H groups in total. The van der Waals surface area contributed by atoms with Gasteiger partial charge in [0.05, 0.1) is 23.6 Å². The average Bonchev–Trinajstić information content (AvgIpc) is 3.49. The zero-order chi connectivity index (χ0) is 18.2. The first-order valence-corrected chi connectivity index (χ1v) is 9.33. The van der Waals surface area contributed by atoms with Gasteiger partial charge in [0.15, 0.2) is 0 Å². The van der Waals surface area contributed by atoms with Gasteiger partial charge in [-0.2, -0.15) is 0 Å². The molecule has 0 saturated heterocycles. The molecule has 2 aromatic carbocycles. The number of imidazole rings is 1. The summed E-state index contributed by atoms with van der Waals surface area (Å²) in [6, 6.07) is 21.2. The molecule has 4 heteroatoms. The molecule has 2 aromatic heterocycles. The van der Waals surface area contributed by atoms with Crippen molar-refractivity contribution in [2.45, 2.75) is 25.8 Å². The summed E-state index contributed by atoms with van der Waals surface area (Å²) in [7, 11) is 0. The topological polar surface area (TPSA) is 43.1 Å². The highest BCUT2D eigenvalue weighted by Gasteiger charge is 2.28. The molecule has 27 heavy (non-hydrogen) atoms. The maximum Gasteiger partial charge on any atom is 0.109 e. The van der Waals surface area contributed by atoms with E-state index >= 15 is 0 Å². The number of aryl methyl sites for hydroxylation is 1. The highest BCUT2D eigenvalue weighted by atomic mass is 15.1. The number of hydrogen-bond acceptors (Lipinski definition) is 3. The van der Waals surface area contributed by atoms with E-state index in [0.717, 1.165) is 39.4 Å². The van der Waals surface area contributed by atoms with Gasteiger partial charge in [-0.15, -0.1) is 0 Å². The number of fused-ring (bicyclic) bond motifs is 1. The summed E-state index contributed by atoms with van der Waals surface area (Å²) in [6.45, 7) is 2.07. The molecule has 0 spiro atoms.